The van der Waals surface area contributed by atoms with Crippen molar-refractivity contribution in [3.05, 3.63) is 42.0 Å². The number of piperidine rings is 1. The Morgan fingerprint density at radius 3 is 2.95 bits per heavy atom. The highest BCUT2D eigenvalue weighted by Crippen LogP contribution is 2.15. The summed E-state index contributed by atoms with van der Waals surface area (Å²) in [5.74, 6) is 0.723. The van der Waals surface area contributed by atoms with E-state index < -0.39 is 0 Å². The van der Waals surface area contributed by atoms with Crippen molar-refractivity contribution in [3.8, 4) is 0 Å². The number of rotatable bonds is 7. The predicted molar refractivity (Wildman–Crippen MR) is 84.6 cm³/mol. The summed E-state index contributed by atoms with van der Waals surface area (Å²) in [6, 6.07) is 10.4. The largest absolute Gasteiger partial charge is 0.395 e. The molecule has 2 rings (SSSR count). The number of nitrogens with one attached hydrogen (secondary N) is 1. The second kappa shape index (κ2) is 8.90. The molecule has 1 aliphatic rings. The monoisotopic (exact) mass is 274 g/mol. The molecule has 0 radical (unpaired) electrons. The molecular weight excluding hydrogens is 248 g/mol. The molecule has 20 heavy (non-hydrogen) atoms. The van der Waals surface area contributed by atoms with E-state index in [0.29, 0.717) is 0 Å². The molecule has 0 bridgehead atoms. The Morgan fingerprint density at radius 2 is 2.15 bits per heavy atom. The van der Waals surface area contributed by atoms with Gasteiger partial charge in [-0.25, -0.2) is 0 Å². The van der Waals surface area contributed by atoms with E-state index in [1.165, 1.54) is 18.4 Å². The van der Waals surface area contributed by atoms with Crippen LogP contribution in [0.2, 0.25) is 0 Å². The minimum atomic E-state index is 0.278. The van der Waals surface area contributed by atoms with Gasteiger partial charge in [0.1, 0.15) is 0 Å². The van der Waals surface area contributed by atoms with Crippen molar-refractivity contribution >= 4 is 6.08 Å². The lowest BCUT2D eigenvalue weighted by Crippen LogP contribution is -2.40. The summed E-state index contributed by atoms with van der Waals surface area (Å²) in [5.41, 5.74) is 1.25. The van der Waals surface area contributed by atoms with Crippen LogP contribution >= 0.6 is 0 Å². The van der Waals surface area contributed by atoms with Crippen LogP contribution in [-0.4, -0.2) is 49.3 Å². The van der Waals surface area contributed by atoms with Gasteiger partial charge in [0, 0.05) is 19.6 Å². The fourth-order valence-corrected chi connectivity index (χ4v) is 2.79. The minimum absolute atomic E-state index is 0.278. The van der Waals surface area contributed by atoms with Crippen LogP contribution in [0.15, 0.2) is 36.4 Å². The number of benzene rings is 1. The molecule has 1 unspecified atom stereocenters. The van der Waals surface area contributed by atoms with Crippen molar-refractivity contribution in [2.24, 2.45) is 5.92 Å². The smallest absolute Gasteiger partial charge is 0.0558 e. The second-order valence-corrected chi connectivity index (χ2v) is 5.50. The molecule has 1 heterocycles. The zero-order valence-electron chi connectivity index (χ0n) is 12.2. The second-order valence-electron chi connectivity index (χ2n) is 5.50. The maximum atomic E-state index is 8.99. The van der Waals surface area contributed by atoms with Gasteiger partial charge in [-0.2, -0.15) is 0 Å². The van der Waals surface area contributed by atoms with E-state index in [1.54, 1.807) is 0 Å². The minimum Gasteiger partial charge on any atom is -0.395 e. The zero-order chi connectivity index (χ0) is 14.0. The average Bonchev–Trinajstić information content (AvgIpc) is 2.49. The van der Waals surface area contributed by atoms with Gasteiger partial charge in [0.05, 0.1) is 6.61 Å². The third-order valence-corrected chi connectivity index (χ3v) is 3.82. The third kappa shape index (κ3) is 5.45. The highest BCUT2D eigenvalue weighted by atomic mass is 16.3. The lowest BCUT2D eigenvalue weighted by molar-refractivity contribution is 0.139. The Morgan fingerprint density at radius 1 is 1.30 bits per heavy atom. The topological polar surface area (TPSA) is 35.5 Å². The summed E-state index contributed by atoms with van der Waals surface area (Å²) in [6.07, 6.45) is 6.90. The molecule has 2 N–H and O–H groups in total. The molecule has 1 aromatic rings. The van der Waals surface area contributed by atoms with E-state index in [1.807, 2.05) is 6.07 Å². The van der Waals surface area contributed by atoms with Crippen LogP contribution < -0.4 is 5.32 Å². The van der Waals surface area contributed by atoms with Crippen LogP contribution in [0.25, 0.3) is 6.08 Å². The third-order valence-electron chi connectivity index (χ3n) is 3.82. The molecule has 0 aromatic heterocycles. The van der Waals surface area contributed by atoms with Crippen molar-refractivity contribution in [1.82, 2.24) is 10.2 Å². The maximum Gasteiger partial charge on any atom is 0.0558 e. The highest BCUT2D eigenvalue weighted by Gasteiger charge is 2.18. The van der Waals surface area contributed by atoms with Crippen molar-refractivity contribution in [3.63, 3.8) is 0 Å². The summed E-state index contributed by atoms with van der Waals surface area (Å²) < 4.78 is 0. The number of likely N-dealkylation sites (tertiary alicyclic amines) is 1. The van der Waals surface area contributed by atoms with E-state index in [-0.39, 0.29) is 6.61 Å². The number of β-amino-alcohol motifs (C(OH)–C–C–N with tert-alkyl or cyclic N) is 1. The molecule has 1 aliphatic heterocycles. The van der Waals surface area contributed by atoms with E-state index in [9.17, 15) is 0 Å². The first-order valence-corrected chi connectivity index (χ1v) is 7.64. The molecule has 0 aliphatic carbocycles. The molecule has 1 aromatic carbocycles. The van der Waals surface area contributed by atoms with Crippen LogP contribution in [-0.2, 0) is 0 Å². The van der Waals surface area contributed by atoms with Crippen LogP contribution in [0.4, 0.5) is 0 Å². The number of aliphatic hydroxyl groups is 1. The Hall–Kier alpha value is -1.16. The van der Waals surface area contributed by atoms with Gasteiger partial charge in [0.15, 0.2) is 0 Å². The first-order chi connectivity index (χ1) is 9.88. The van der Waals surface area contributed by atoms with Crippen LogP contribution in [0.5, 0.6) is 0 Å². The molecule has 3 nitrogen and oxygen atoms in total. The first-order valence-electron chi connectivity index (χ1n) is 7.64. The zero-order valence-corrected chi connectivity index (χ0v) is 12.2. The fourth-order valence-electron chi connectivity index (χ4n) is 2.79. The maximum absolute atomic E-state index is 8.99. The van der Waals surface area contributed by atoms with Gasteiger partial charge in [0.25, 0.3) is 0 Å². The van der Waals surface area contributed by atoms with E-state index in [4.69, 9.17) is 5.11 Å². The standard InChI is InChI=1S/C17H26N2O/c20-13-12-19-11-5-9-17(15-19)14-18-10-4-8-16-6-2-1-3-7-16/h1-4,6-8,17-18,20H,5,9-15H2/b8-4+. The first kappa shape index (κ1) is 15.2. The fraction of sp³-hybridized carbons (Fsp3) is 0.529. The molecule has 1 fully saturated rings. The van der Waals surface area contributed by atoms with E-state index >= 15 is 0 Å². The summed E-state index contributed by atoms with van der Waals surface area (Å²) in [6.45, 7) is 5.36. The van der Waals surface area contributed by atoms with Gasteiger partial charge in [-0.15, -0.1) is 0 Å². The predicted octanol–water partition coefficient (Wildman–Crippen LogP) is 1.99. The SMILES string of the molecule is OCCN1CCCC(CNC/C=C/c2ccccc2)C1. The lowest BCUT2D eigenvalue weighted by Gasteiger charge is -2.32. The summed E-state index contributed by atoms with van der Waals surface area (Å²) >= 11 is 0. The van der Waals surface area contributed by atoms with Gasteiger partial charge in [0.2, 0.25) is 0 Å². The Balaban J connectivity index is 1.62. The van der Waals surface area contributed by atoms with Gasteiger partial charge >= 0.3 is 0 Å². The van der Waals surface area contributed by atoms with E-state index in [2.05, 4.69) is 46.6 Å². The van der Waals surface area contributed by atoms with Crippen molar-refractivity contribution < 1.29 is 5.11 Å². The molecule has 110 valence electrons. The van der Waals surface area contributed by atoms with Gasteiger partial charge in [-0.3, -0.25) is 0 Å². The summed E-state index contributed by atoms with van der Waals surface area (Å²) in [7, 11) is 0. The number of hydrogen-bond acceptors (Lipinski definition) is 3. The summed E-state index contributed by atoms with van der Waals surface area (Å²) in [4.78, 5) is 2.37. The van der Waals surface area contributed by atoms with Crippen molar-refractivity contribution in [2.45, 2.75) is 12.8 Å². The normalized spacial score (nSPS) is 20.6. The summed E-state index contributed by atoms with van der Waals surface area (Å²) in [5, 5.41) is 12.5. The van der Waals surface area contributed by atoms with Crippen LogP contribution in [0, 0.1) is 5.92 Å². The molecule has 0 amide bonds. The molecular formula is C17H26N2O. The van der Waals surface area contributed by atoms with Gasteiger partial charge < -0.3 is 15.3 Å². The van der Waals surface area contributed by atoms with Crippen LogP contribution in [0.3, 0.4) is 0 Å². The Kier molecular flexibility index (Phi) is 6.78. The number of nitrogens with zero attached hydrogens (tertiary/aromatic N) is 1. The number of aliphatic hydroxyl groups excluding tert-OH is 1. The average molecular weight is 274 g/mol. The number of hydrogen-bond donors (Lipinski definition) is 2. The highest BCUT2D eigenvalue weighted by molar-refractivity contribution is 5.48. The van der Waals surface area contributed by atoms with Crippen molar-refractivity contribution in [1.29, 1.82) is 0 Å². The Labute approximate surface area is 122 Å². The van der Waals surface area contributed by atoms with E-state index in [0.717, 1.165) is 38.6 Å². The molecule has 0 saturated carbocycles. The molecule has 0 spiro atoms. The lowest BCUT2D eigenvalue weighted by atomic mass is 9.98. The molecule has 1 saturated heterocycles. The quantitative estimate of drug-likeness (QED) is 0.747. The van der Waals surface area contributed by atoms with Gasteiger partial charge in [-0.1, -0.05) is 42.5 Å². The Bertz CT molecular complexity index is 389. The van der Waals surface area contributed by atoms with Crippen LogP contribution in [0.1, 0.15) is 18.4 Å². The van der Waals surface area contributed by atoms with Gasteiger partial charge in [-0.05, 0) is 37.4 Å². The van der Waals surface area contributed by atoms with Crippen molar-refractivity contribution in [2.75, 3.05) is 39.3 Å². The molecule has 1 atom stereocenters. The molecule has 3 heteroatoms.